The lowest BCUT2D eigenvalue weighted by atomic mass is 10.0. The molecule has 0 spiro atoms. The van der Waals surface area contributed by atoms with Gasteiger partial charge in [0.15, 0.2) is 0 Å². The maximum atomic E-state index is 10.5. The van der Waals surface area contributed by atoms with Crippen LogP contribution in [0, 0.1) is 5.92 Å². The summed E-state index contributed by atoms with van der Waals surface area (Å²) in [6.07, 6.45) is 7.52. The van der Waals surface area contributed by atoms with Crippen molar-refractivity contribution in [2.45, 2.75) is 46.1 Å². The standard InChI is InChI=1S/C19H28O3/c1-16(13-17(2)14-20)7-5-4-6-12-22-15-18-8-10-19(21-3)11-9-18/h8-11,13-14,16H,4-7,12,15H2,1-3H3/b17-13+/t16-/m1/s1. The second-order valence-electron chi connectivity index (χ2n) is 5.76. The predicted octanol–water partition coefficient (Wildman–Crippen LogP) is 4.55. The molecule has 22 heavy (non-hydrogen) atoms. The van der Waals surface area contributed by atoms with Gasteiger partial charge in [0.2, 0.25) is 0 Å². The van der Waals surface area contributed by atoms with Crippen LogP contribution in [0.15, 0.2) is 35.9 Å². The van der Waals surface area contributed by atoms with E-state index < -0.39 is 0 Å². The van der Waals surface area contributed by atoms with Gasteiger partial charge in [0.1, 0.15) is 12.0 Å². The van der Waals surface area contributed by atoms with Crippen LogP contribution in [0.25, 0.3) is 0 Å². The van der Waals surface area contributed by atoms with E-state index in [2.05, 4.69) is 6.92 Å². The Morgan fingerprint density at radius 2 is 1.91 bits per heavy atom. The second-order valence-corrected chi connectivity index (χ2v) is 5.76. The normalized spacial score (nSPS) is 13.0. The Hall–Kier alpha value is -1.61. The maximum Gasteiger partial charge on any atom is 0.145 e. The van der Waals surface area contributed by atoms with Gasteiger partial charge in [-0.15, -0.1) is 0 Å². The first-order chi connectivity index (χ1) is 10.7. The summed E-state index contributed by atoms with van der Waals surface area (Å²) in [7, 11) is 1.67. The SMILES string of the molecule is COc1ccc(COCCCCC[C@@H](C)/C=C(\C)C=O)cc1. The van der Waals surface area contributed by atoms with Gasteiger partial charge < -0.3 is 9.47 Å². The highest BCUT2D eigenvalue weighted by atomic mass is 16.5. The Morgan fingerprint density at radius 3 is 2.55 bits per heavy atom. The zero-order chi connectivity index (χ0) is 16.2. The Kier molecular flexibility index (Phi) is 9.24. The van der Waals surface area contributed by atoms with Gasteiger partial charge >= 0.3 is 0 Å². The van der Waals surface area contributed by atoms with Gasteiger partial charge in [-0.25, -0.2) is 0 Å². The van der Waals surface area contributed by atoms with Gasteiger partial charge in [-0.3, -0.25) is 4.79 Å². The van der Waals surface area contributed by atoms with E-state index in [9.17, 15) is 4.79 Å². The molecule has 1 aromatic rings. The molecular formula is C19H28O3. The zero-order valence-corrected chi connectivity index (χ0v) is 14.0. The van der Waals surface area contributed by atoms with Crippen LogP contribution >= 0.6 is 0 Å². The average molecular weight is 304 g/mol. The highest BCUT2D eigenvalue weighted by Gasteiger charge is 2.00. The summed E-state index contributed by atoms with van der Waals surface area (Å²) >= 11 is 0. The van der Waals surface area contributed by atoms with E-state index >= 15 is 0 Å². The van der Waals surface area contributed by atoms with Crippen LogP contribution in [-0.4, -0.2) is 20.0 Å². The molecule has 0 amide bonds. The van der Waals surface area contributed by atoms with E-state index in [1.54, 1.807) is 7.11 Å². The minimum atomic E-state index is 0.477. The van der Waals surface area contributed by atoms with Crippen molar-refractivity contribution in [1.82, 2.24) is 0 Å². The van der Waals surface area contributed by atoms with Gasteiger partial charge in [0.25, 0.3) is 0 Å². The van der Waals surface area contributed by atoms with Gasteiger partial charge in [-0.1, -0.05) is 38.0 Å². The third-order valence-electron chi connectivity index (χ3n) is 3.61. The smallest absolute Gasteiger partial charge is 0.145 e. The lowest BCUT2D eigenvalue weighted by Gasteiger charge is -2.08. The number of benzene rings is 1. The number of carbonyl (C=O) groups excluding carboxylic acids is 1. The molecule has 1 atom stereocenters. The van der Waals surface area contributed by atoms with E-state index in [0.29, 0.717) is 12.5 Å². The molecule has 1 rings (SSSR count). The van der Waals surface area contributed by atoms with Crippen LogP contribution < -0.4 is 4.74 Å². The number of ether oxygens (including phenoxy) is 2. The number of allylic oxidation sites excluding steroid dienone is 2. The van der Waals surface area contributed by atoms with Crippen LogP contribution in [0.5, 0.6) is 5.75 Å². The number of hydrogen-bond acceptors (Lipinski definition) is 3. The Labute approximate surface area is 134 Å². The molecule has 0 fully saturated rings. The molecule has 0 aliphatic heterocycles. The Balaban J connectivity index is 2.04. The van der Waals surface area contributed by atoms with Crippen LogP contribution in [0.1, 0.15) is 45.1 Å². The highest BCUT2D eigenvalue weighted by molar-refractivity contribution is 5.72. The maximum absolute atomic E-state index is 10.5. The number of carbonyl (C=O) groups is 1. The molecule has 0 saturated carbocycles. The van der Waals surface area contributed by atoms with Crippen molar-refractivity contribution in [2.24, 2.45) is 5.92 Å². The summed E-state index contributed by atoms with van der Waals surface area (Å²) in [5, 5.41) is 0. The molecule has 0 unspecified atom stereocenters. The van der Waals surface area contributed by atoms with E-state index in [-0.39, 0.29) is 0 Å². The first-order valence-corrected chi connectivity index (χ1v) is 8.00. The van der Waals surface area contributed by atoms with Gasteiger partial charge in [-0.05, 0) is 49.0 Å². The molecule has 0 aliphatic carbocycles. The molecule has 0 radical (unpaired) electrons. The monoisotopic (exact) mass is 304 g/mol. The van der Waals surface area contributed by atoms with Crippen molar-refractivity contribution >= 4 is 6.29 Å². The van der Waals surface area contributed by atoms with Crippen LogP contribution in [0.2, 0.25) is 0 Å². The van der Waals surface area contributed by atoms with Gasteiger partial charge in [-0.2, -0.15) is 0 Å². The van der Waals surface area contributed by atoms with Crippen molar-refractivity contribution in [1.29, 1.82) is 0 Å². The van der Waals surface area contributed by atoms with Gasteiger partial charge in [0.05, 0.1) is 13.7 Å². The Morgan fingerprint density at radius 1 is 1.18 bits per heavy atom. The highest BCUT2D eigenvalue weighted by Crippen LogP contribution is 2.14. The third kappa shape index (κ3) is 7.99. The summed E-state index contributed by atoms with van der Waals surface area (Å²) in [6, 6.07) is 7.97. The number of methoxy groups -OCH3 is 1. The minimum absolute atomic E-state index is 0.477. The van der Waals surface area contributed by atoms with E-state index in [4.69, 9.17) is 9.47 Å². The van der Waals surface area contributed by atoms with Crippen molar-refractivity contribution in [3.05, 3.63) is 41.5 Å². The molecule has 0 bridgehead atoms. The average Bonchev–Trinajstić information content (AvgIpc) is 2.54. The molecule has 3 nitrogen and oxygen atoms in total. The van der Waals surface area contributed by atoms with Crippen LogP contribution in [0.4, 0.5) is 0 Å². The lowest BCUT2D eigenvalue weighted by Crippen LogP contribution is -1.97. The molecule has 1 aromatic carbocycles. The second kappa shape index (κ2) is 11.0. The van der Waals surface area contributed by atoms with E-state index in [1.165, 1.54) is 18.4 Å². The largest absolute Gasteiger partial charge is 0.497 e. The number of hydrogen-bond donors (Lipinski definition) is 0. The fourth-order valence-electron chi connectivity index (χ4n) is 2.33. The summed E-state index contributed by atoms with van der Waals surface area (Å²) in [5.41, 5.74) is 2.00. The summed E-state index contributed by atoms with van der Waals surface area (Å²) in [4.78, 5) is 10.5. The minimum Gasteiger partial charge on any atom is -0.497 e. The number of aldehydes is 1. The van der Waals surface area contributed by atoms with Crippen molar-refractivity contribution in [3.63, 3.8) is 0 Å². The zero-order valence-electron chi connectivity index (χ0n) is 14.0. The lowest BCUT2D eigenvalue weighted by molar-refractivity contribution is -0.104. The number of rotatable bonds is 11. The molecule has 122 valence electrons. The number of unbranched alkanes of at least 4 members (excludes halogenated alkanes) is 2. The molecule has 0 aliphatic rings. The molecule has 3 heteroatoms. The topological polar surface area (TPSA) is 35.5 Å². The van der Waals surface area contributed by atoms with Crippen molar-refractivity contribution in [2.75, 3.05) is 13.7 Å². The Bertz CT molecular complexity index is 448. The van der Waals surface area contributed by atoms with Gasteiger partial charge in [0, 0.05) is 6.61 Å². The van der Waals surface area contributed by atoms with Crippen LogP contribution in [-0.2, 0) is 16.1 Å². The molecule has 0 N–H and O–H groups in total. The van der Waals surface area contributed by atoms with E-state index in [0.717, 1.165) is 37.1 Å². The van der Waals surface area contributed by atoms with Crippen molar-refractivity contribution in [3.8, 4) is 5.75 Å². The fraction of sp³-hybridized carbons (Fsp3) is 0.526. The first-order valence-electron chi connectivity index (χ1n) is 8.00. The molecule has 0 aromatic heterocycles. The third-order valence-corrected chi connectivity index (χ3v) is 3.61. The quantitative estimate of drug-likeness (QED) is 0.342. The van der Waals surface area contributed by atoms with E-state index in [1.807, 2.05) is 37.3 Å². The van der Waals surface area contributed by atoms with Crippen molar-refractivity contribution < 1.29 is 14.3 Å². The van der Waals surface area contributed by atoms with Crippen LogP contribution in [0.3, 0.4) is 0 Å². The predicted molar refractivity (Wildman–Crippen MR) is 90.1 cm³/mol. The summed E-state index contributed by atoms with van der Waals surface area (Å²) < 4.78 is 10.8. The first kappa shape index (κ1) is 18.4. The summed E-state index contributed by atoms with van der Waals surface area (Å²) in [5.74, 6) is 1.35. The molecule has 0 saturated heterocycles. The molecular weight excluding hydrogens is 276 g/mol. The summed E-state index contributed by atoms with van der Waals surface area (Å²) in [6.45, 7) is 5.47. The fourth-order valence-corrected chi connectivity index (χ4v) is 2.33. The molecule has 0 heterocycles.